The smallest absolute Gasteiger partial charge is 0.416 e. The summed E-state index contributed by atoms with van der Waals surface area (Å²) < 4.78 is 58.7. The lowest BCUT2D eigenvalue weighted by molar-refractivity contribution is -0.141. The molecule has 1 aromatic heterocycles. The van der Waals surface area contributed by atoms with Crippen LogP contribution in [0.15, 0.2) is 47.3 Å². The summed E-state index contributed by atoms with van der Waals surface area (Å²) in [4.78, 5) is 37.7. The molecule has 3 rings (SSSR count). The van der Waals surface area contributed by atoms with E-state index in [9.17, 15) is 31.9 Å². The average Bonchev–Trinajstić information content (AvgIpc) is 2.76. The Morgan fingerprint density at radius 2 is 1.85 bits per heavy atom. The van der Waals surface area contributed by atoms with Crippen LogP contribution in [0.2, 0.25) is 0 Å². The van der Waals surface area contributed by atoms with Crippen molar-refractivity contribution in [2.24, 2.45) is 0 Å². The molecule has 0 saturated heterocycles. The quantitative estimate of drug-likeness (QED) is 0.443. The molecule has 2 aromatic carbocycles. The molecule has 10 heteroatoms. The number of nitrogens with one attached hydrogen (secondary N) is 1. The van der Waals surface area contributed by atoms with Crippen molar-refractivity contribution in [2.75, 3.05) is 7.11 Å². The molecule has 0 aliphatic rings. The van der Waals surface area contributed by atoms with Gasteiger partial charge in [0.2, 0.25) is 0 Å². The van der Waals surface area contributed by atoms with E-state index in [1.807, 2.05) is 0 Å². The number of halogens is 4. The number of hydrogen-bond acceptors (Lipinski definition) is 4. The summed E-state index contributed by atoms with van der Waals surface area (Å²) in [6.45, 7) is 1.11. The van der Waals surface area contributed by atoms with Crippen molar-refractivity contribution < 1.29 is 31.9 Å². The number of fused-ring (bicyclic) bond motifs is 1. The van der Waals surface area contributed by atoms with Crippen molar-refractivity contribution in [3.8, 4) is 0 Å². The van der Waals surface area contributed by atoms with Gasteiger partial charge in [0.05, 0.1) is 24.6 Å². The minimum atomic E-state index is -4.65. The Bertz CT molecular complexity index is 1280. The second-order valence-electron chi connectivity index (χ2n) is 7.33. The number of hydrogen-bond donors (Lipinski definition) is 1. The van der Waals surface area contributed by atoms with Crippen LogP contribution in [0, 0.1) is 12.7 Å². The Morgan fingerprint density at radius 3 is 2.48 bits per heavy atom. The van der Waals surface area contributed by atoms with Crippen LogP contribution >= 0.6 is 0 Å². The summed E-state index contributed by atoms with van der Waals surface area (Å²) in [6, 6.07) is 8.38. The highest BCUT2D eigenvalue weighted by atomic mass is 19.4. The molecule has 0 aliphatic heterocycles. The fourth-order valence-corrected chi connectivity index (χ4v) is 3.50. The fourth-order valence-electron chi connectivity index (χ4n) is 3.50. The lowest BCUT2D eigenvalue weighted by atomic mass is 10.0. The summed E-state index contributed by atoms with van der Waals surface area (Å²) >= 11 is 0. The summed E-state index contributed by atoms with van der Waals surface area (Å²) in [6.07, 6.45) is -4.93. The maximum absolute atomic E-state index is 13.4. The number of rotatable bonds is 6. The van der Waals surface area contributed by atoms with E-state index in [1.54, 1.807) is 6.07 Å². The molecule has 0 fully saturated rings. The number of pyridine rings is 1. The first-order valence-electron chi connectivity index (χ1n) is 9.86. The predicted molar refractivity (Wildman–Crippen MR) is 112 cm³/mol. The Labute approximate surface area is 185 Å². The zero-order valence-electron chi connectivity index (χ0n) is 17.8. The van der Waals surface area contributed by atoms with E-state index in [0.717, 1.165) is 23.8 Å². The van der Waals surface area contributed by atoms with E-state index in [4.69, 9.17) is 0 Å². The largest absolute Gasteiger partial charge is 0.469 e. The highest BCUT2D eigenvalue weighted by Gasteiger charge is 2.31. The number of carbonyl (C=O) groups excluding carboxylic acids is 2. The highest BCUT2D eigenvalue weighted by molar-refractivity contribution is 6.00. The molecule has 0 bridgehead atoms. The monoisotopic (exact) mass is 464 g/mol. The highest BCUT2D eigenvalue weighted by Crippen LogP contribution is 2.32. The summed E-state index contributed by atoms with van der Waals surface area (Å²) in [5.41, 5.74) is -1.50. The van der Waals surface area contributed by atoms with Gasteiger partial charge in [0, 0.05) is 18.5 Å². The third kappa shape index (κ3) is 5.21. The number of esters is 1. The van der Waals surface area contributed by atoms with Gasteiger partial charge < -0.3 is 14.6 Å². The molecule has 0 saturated carbocycles. The van der Waals surface area contributed by atoms with Gasteiger partial charge >= 0.3 is 12.1 Å². The van der Waals surface area contributed by atoms with E-state index >= 15 is 0 Å². The van der Waals surface area contributed by atoms with Crippen LogP contribution in [0.1, 0.15) is 33.5 Å². The van der Waals surface area contributed by atoms with Crippen molar-refractivity contribution in [2.45, 2.75) is 32.6 Å². The number of aryl methyl sites for hydroxylation is 2. The molecule has 1 amide bonds. The van der Waals surface area contributed by atoms with E-state index in [1.165, 1.54) is 31.2 Å². The predicted octanol–water partition coefficient (Wildman–Crippen LogP) is 3.96. The van der Waals surface area contributed by atoms with Gasteiger partial charge in [-0.05, 0) is 42.3 Å². The summed E-state index contributed by atoms with van der Waals surface area (Å²) in [5.74, 6) is -1.93. The molecule has 6 nitrogen and oxygen atoms in total. The number of amides is 1. The topological polar surface area (TPSA) is 77.4 Å². The molecule has 33 heavy (non-hydrogen) atoms. The van der Waals surface area contributed by atoms with Crippen LogP contribution < -0.4 is 10.9 Å². The maximum atomic E-state index is 13.4. The first-order chi connectivity index (χ1) is 15.5. The van der Waals surface area contributed by atoms with Gasteiger partial charge in [0.15, 0.2) is 0 Å². The Kier molecular flexibility index (Phi) is 6.85. The molecule has 1 N–H and O–H groups in total. The Balaban J connectivity index is 2.09. The van der Waals surface area contributed by atoms with E-state index in [2.05, 4.69) is 10.1 Å². The van der Waals surface area contributed by atoms with Crippen LogP contribution in [0.25, 0.3) is 10.9 Å². The lowest BCUT2D eigenvalue weighted by Crippen LogP contribution is -2.35. The number of alkyl halides is 3. The van der Waals surface area contributed by atoms with Crippen molar-refractivity contribution in [3.63, 3.8) is 0 Å². The van der Waals surface area contributed by atoms with Gasteiger partial charge in [-0.15, -0.1) is 0 Å². The third-order valence-electron chi connectivity index (χ3n) is 5.19. The number of aromatic nitrogens is 1. The minimum Gasteiger partial charge on any atom is -0.469 e. The van der Waals surface area contributed by atoms with Crippen LogP contribution in [0.5, 0.6) is 0 Å². The van der Waals surface area contributed by atoms with E-state index in [-0.39, 0.29) is 41.5 Å². The van der Waals surface area contributed by atoms with Gasteiger partial charge in [-0.25, -0.2) is 4.39 Å². The van der Waals surface area contributed by atoms with Gasteiger partial charge in [0.25, 0.3) is 11.5 Å². The van der Waals surface area contributed by atoms with Gasteiger partial charge in [0.1, 0.15) is 11.4 Å². The SMILES string of the molecule is COC(=O)CCn1c(=O)c(C(=O)NCc2cccc(F)c2)c(C)c2ccc(C(F)(F)F)cc21. The summed E-state index contributed by atoms with van der Waals surface area (Å²) in [7, 11) is 1.14. The van der Waals surface area contributed by atoms with Crippen LogP contribution in [0.4, 0.5) is 17.6 Å². The third-order valence-corrected chi connectivity index (χ3v) is 5.19. The molecule has 0 atom stereocenters. The number of carbonyl (C=O) groups is 2. The van der Waals surface area contributed by atoms with E-state index < -0.39 is 35.0 Å². The zero-order valence-corrected chi connectivity index (χ0v) is 17.8. The van der Waals surface area contributed by atoms with Crippen molar-refractivity contribution in [1.29, 1.82) is 0 Å². The molecule has 0 radical (unpaired) electrons. The van der Waals surface area contributed by atoms with Crippen molar-refractivity contribution in [1.82, 2.24) is 9.88 Å². The molecule has 1 heterocycles. The van der Waals surface area contributed by atoms with E-state index in [0.29, 0.717) is 5.56 Å². The fraction of sp³-hybridized carbons (Fsp3) is 0.261. The number of benzene rings is 2. The normalized spacial score (nSPS) is 11.5. The lowest BCUT2D eigenvalue weighted by Gasteiger charge is -2.17. The molecular weight excluding hydrogens is 444 g/mol. The molecular formula is C23H20F4N2O4. The Hall–Kier alpha value is -3.69. The van der Waals surface area contributed by atoms with Crippen molar-refractivity contribution >= 4 is 22.8 Å². The maximum Gasteiger partial charge on any atom is 0.416 e. The first kappa shape index (κ1) is 24.0. The Morgan fingerprint density at radius 1 is 1.12 bits per heavy atom. The minimum absolute atomic E-state index is 0.0575. The van der Waals surface area contributed by atoms with Crippen LogP contribution in [0.3, 0.4) is 0 Å². The second kappa shape index (κ2) is 9.43. The van der Waals surface area contributed by atoms with Crippen LogP contribution in [-0.2, 0) is 28.8 Å². The zero-order chi connectivity index (χ0) is 24.3. The molecule has 0 aliphatic carbocycles. The number of methoxy groups -OCH3 is 1. The summed E-state index contributed by atoms with van der Waals surface area (Å²) in [5, 5.41) is 2.79. The number of nitrogens with zero attached hydrogens (tertiary/aromatic N) is 1. The molecule has 0 unspecified atom stereocenters. The molecule has 3 aromatic rings. The number of ether oxygens (including phenoxy) is 1. The average molecular weight is 464 g/mol. The van der Waals surface area contributed by atoms with Gasteiger partial charge in [-0.2, -0.15) is 13.2 Å². The van der Waals surface area contributed by atoms with Crippen molar-refractivity contribution in [3.05, 3.63) is 80.9 Å². The van der Waals surface area contributed by atoms with Crippen LogP contribution in [-0.4, -0.2) is 23.6 Å². The first-order valence-corrected chi connectivity index (χ1v) is 9.86. The van der Waals surface area contributed by atoms with Gasteiger partial charge in [-0.3, -0.25) is 14.4 Å². The standard InChI is InChI=1S/C23H20F4N2O4/c1-13-17-7-6-15(23(25,26)27)11-18(17)29(9-8-19(30)33-2)22(32)20(13)21(31)28-12-14-4-3-5-16(24)10-14/h3-7,10-11H,8-9,12H2,1-2H3,(H,28,31). The van der Waals surface area contributed by atoms with Gasteiger partial charge in [-0.1, -0.05) is 18.2 Å². The molecule has 0 spiro atoms. The second-order valence-corrected chi connectivity index (χ2v) is 7.33. The molecule has 174 valence electrons.